The SMILES string of the molecule is CC(=O)Oc1ccc(C=CC(=O)O)cc1O. The molecule has 84 valence electrons. The maximum absolute atomic E-state index is 10.6. The van der Waals surface area contributed by atoms with Gasteiger partial charge in [-0.25, -0.2) is 4.79 Å². The molecule has 2 N–H and O–H groups in total. The second-order valence-electron chi connectivity index (χ2n) is 2.99. The van der Waals surface area contributed by atoms with E-state index in [9.17, 15) is 14.7 Å². The van der Waals surface area contributed by atoms with E-state index in [0.29, 0.717) is 5.56 Å². The summed E-state index contributed by atoms with van der Waals surface area (Å²) in [6.45, 7) is 1.22. The van der Waals surface area contributed by atoms with Gasteiger partial charge in [-0.05, 0) is 23.8 Å². The number of hydrogen-bond acceptors (Lipinski definition) is 4. The molecule has 0 unspecified atom stereocenters. The monoisotopic (exact) mass is 222 g/mol. The topological polar surface area (TPSA) is 83.8 Å². The van der Waals surface area contributed by atoms with Gasteiger partial charge in [0.15, 0.2) is 11.5 Å². The second kappa shape index (κ2) is 4.97. The Morgan fingerprint density at radius 1 is 1.38 bits per heavy atom. The highest BCUT2D eigenvalue weighted by Crippen LogP contribution is 2.27. The summed E-state index contributed by atoms with van der Waals surface area (Å²) >= 11 is 0. The number of phenolic OH excluding ortho intramolecular Hbond substituents is 1. The van der Waals surface area contributed by atoms with Crippen molar-refractivity contribution in [1.82, 2.24) is 0 Å². The smallest absolute Gasteiger partial charge is 0.328 e. The van der Waals surface area contributed by atoms with Gasteiger partial charge in [0.05, 0.1) is 0 Å². The van der Waals surface area contributed by atoms with E-state index in [1.165, 1.54) is 31.2 Å². The van der Waals surface area contributed by atoms with E-state index in [1.807, 2.05) is 0 Å². The number of carbonyl (C=O) groups is 2. The summed E-state index contributed by atoms with van der Waals surface area (Å²) in [6.07, 6.45) is 2.26. The number of rotatable bonds is 3. The summed E-state index contributed by atoms with van der Waals surface area (Å²) in [4.78, 5) is 20.9. The molecule has 1 aromatic rings. The lowest BCUT2D eigenvalue weighted by Gasteiger charge is -2.04. The molecule has 5 nitrogen and oxygen atoms in total. The van der Waals surface area contributed by atoms with Crippen molar-refractivity contribution in [1.29, 1.82) is 0 Å². The number of ether oxygens (including phenoxy) is 1. The minimum atomic E-state index is -1.08. The Kier molecular flexibility index (Phi) is 3.66. The zero-order chi connectivity index (χ0) is 12.1. The number of esters is 1. The standard InChI is InChI=1S/C11H10O5/c1-7(12)16-10-4-2-8(6-9(10)13)3-5-11(14)15/h2-6,13H,1H3,(H,14,15). The molecule has 1 rings (SSSR count). The number of phenols is 1. The Balaban J connectivity index is 2.90. The maximum Gasteiger partial charge on any atom is 0.328 e. The lowest BCUT2D eigenvalue weighted by atomic mass is 10.2. The number of carbonyl (C=O) groups excluding carboxylic acids is 1. The molecule has 0 fully saturated rings. The predicted molar refractivity (Wildman–Crippen MR) is 56.1 cm³/mol. The summed E-state index contributed by atoms with van der Waals surface area (Å²) < 4.78 is 4.70. The summed E-state index contributed by atoms with van der Waals surface area (Å²) in [7, 11) is 0. The van der Waals surface area contributed by atoms with Gasteiger partial charge in [-0.2, -0.15) is 0 Å². The molecular formula is C11H10O5. The minimum absolute atomic E-state index is 0.0416. The zero-order valence-corrected chi connectivity index (χ0v) is 8.51. The van der Waals surface area contributed by atoms with Crippen molar-refractivity contribution in [2.75, 3.05) is 0 Å². The number of aliphatic carboxylic acids is 1. The average molecular weight is 222 g/mol. The normalized spacial score (nSPS) is 10.3. The van der Waals surface area contributed by atoms with E-state index < -0.39 is 11.9 Å². The van der Waals surface area contributed by atoms with E-state index in [2.05, 4.69) is 0 Å². The Morgan fingerprint density at radius 2 is 2.06 bits per heavy atom. The van der Waals surface area contributed by atoms with Crippen LogP contribution in [-0.2, 0) is 9.59 Å². The highest BCUT2D eigenvalue weighted by molar-refractivity contribution is 5.85. The van der Waals surface area contributed by atoms with Crippen LogP contribution < -0.4 is 4.74 Å². The van der Waals surface area contributed by atoms with Gasteiger partial charge in [-0.3, -0.25) is 4.79 Å². The third kappa shape index (κ3) is 3.45. The molecule has 0 aliphatic rings. The first-order valence-corrected chi connectivity index (χ1v) is 4.41. The number of carboxylic acids is 1. The third-order valence-corrected chi connectivity index (χ3v) is 1.66. The lowest BCUT2D eigenvalue weighted by Crippen LogP contribution is -2.01. The summed E-state index contributed by atoms with van der Waals surface area (Å²) in [6, 6.07) is 4.22. The molecule has 0 saturated carbocycles. The van der Waals surface area contributed by atoms with Crippen molar-refractivity contribution < 1.29 is 24.5 Å². The average Bonchev–Trinajstić information content (AvgIpc) is 2.18. The first-order chi connectivity index (χ1) is 7.49. The van der Waals surface area contributed by atoms with Crippen LogP contribution in [0.25, 0.3) is 6.08 Å². The first kappa shape index (κ1) is 11.8. The van der Waals surface area contributed by atoms with Gasteiger partial charge in [-0.1, -0.05) is 6.07 Å². The fraction of sp³-hybridized carbons (Fsp3) is 0.0909. The molecule has 0 radical (unpaired) electrons. The first-order valence-electron chi connectivity index (χ1n) is 4.41. The number of hydrogen-bond donors (Lipinski definition) is 2. The second-order valence-corrected chi connectivity index (χ2v) is 2.99. The molecule has 1 aromatic carbocycles. The Labute approximate surface area is 91.6 Å². The van der Waals surface area contributed by atoms with Crippen molar-refractivity contribution in [3.8, 4) is 11.5 Å². The van der Waals surface area contributed by atoms with E-state index in [4.69, 9.17) is 9.84 Å². The Morgan fingerprint density at radius 3 is 2.56 bits per heavy atom. The molecule has 0 spiro atoms. The molecule has 0 saturated heterocycles. The lowest BCUT2D eigenvalue weighted by molar-refractivity contribution is -0.132. The van der Waals surface area contributed by atoms with Crippen LogP contribution in [0.4, 0.5) is 0 Å². The summed E-state index contributed by atoms with van der Waals surface area (Å²) in [5.41, 5.74) is 0.496. The molecular weight excluding hydrogens is 212 g/mol. The molecule has 0 heterocycles. The zero-order valence-electron chi connectivity index (χ0n) is 8.51. The van der Waals surface area contributed by atoms with E-state index in [-0.39, 0.29) is 11.5 Å². The van der Waals surface area contributed by atoms with Gasteiger partial charge in [-0.15, -0.1) is 0 Å². The van der Waals surface area contributed by atoms with Crippen LogP contribution in [-0.4, -0.2) is 22.2 Å². The van der Waals surface area contributed by atoms with Gasteiger partial charge < -0.3 is 14.9 Å². The Hall–Kier alpha value is -2.30. The Bertz CT molecular complexity index is 448. The molecule has 5 heteroatoms. The van der Waals surface area contributed by atoms with E-state index in [0.717, 1.165) is 6.08 Å². The van der Waals surface area contributed by atoms with Crippen LogP contribution in [0.1, 0.15) is 12.5 Å². The molecule has 0 atom stereocenters. The van der Waals surface area contributed by atoms with Gasteiger partial charge in [0.1, 0.15) is 0 Å². The molecule has 16 heavy (non-hydrogen) atoms. The molecule has 0 bridgehead atoms. The maximum atomic E-state index is 10.6. The van der Waals surface area contributed by atoms with Crippen LogP contribution in [0.2, 0.25) is 0 Å². The van der Waals surface area contributed by atoms with Crippen LogP contribution >= 0.6 is 0 Å². The van der Waals surface area contributed by atoms with Crippen molar-refractivity contribution >= 4 is 18.0 Å². The number of carboxylic acid groups (broad SMARTS) is 1. The summed E-state index contributed by atoms with van der Waals surface area (Å²) in [5.74, 6) is -1.80. The van der Waals surface area contributed by atoms with E-state index >= 15 is 0 Å². The molecule has 0 amide bonds. The van der Waals surface area contributed by atoms with Crippen molar-refractivity contribution in [3.05, 3.63) is 29.8 Å². The van der Waals surface area contributed by atoms with Gasteiger partial charge in [0.25, 0.3) is 0 Å². The van der Waals surface area contributed by atoms with Gasteiger partial charge in [0, 0.05) is 13.0 Å². The van der Waals surface area contributed by atoms with E-state index in [1.54, 1.807) is 0 Å². The van der Waals surface area contributed by atoms with Gasteiger partial charge in [0.2, 0.25) is 0 Å². The third-order valence-electron chi connectivity index (χ3n) is 1.66. The number of benzene rings is 1. The molecule has 0 aliphatic carbocycles. The predicted octanol–water partition coefficient (Wildman–Crippen LogP) is 1.42. The van der Waals surface area contributed by atoms with Crippen LogP contribution in [0.3, 0.4) is 0 Å². The fourth-order valence-electron chi connectivity index (χ4n) is 1.05. The van der Waals surface area contributed by atoms with Crippen LogP contribution in [0, 0.1) is 0 Å². The van der Waals surface area contributed by atoms with Crippen molar-refractivity contribution in [2.24, 2.45) is 0 Å². The van der Waals surface area contributed by atoms with Crippen molar-refractivity contribution in [3.63, 3.8) is 0 Å². The van der Waals surface area contributed by atoms with Gasteiger partial charge >= 0.3 is 11.9 Å². The highest BCUT2D eigenvalue weighted by Gasteiger charge is 2.05. The van der Waals surface area contributed by atoms with Crippen LogP contribution in [0.5, 0.6) is 11.5 Å². The molecule has 0 aliphatic heterocycles. The van der Waals surface area contributed by atoms with Crippen LogP contribution in [0.15, 0.2) is 24.3 Å². The summed E-state index contributed by atoms with van der Waals surface area (Å²) in [5, 5.41) is 17.8. The highest BCUT2D eigenvalue weighted by atomic mass is 16.5. The fourth-order valence-corrected chi connectivity index (χ4v) is 1.05. The van der Waals surface area contributed by atoms with Crippen molar-refractivity contribution in [2.45, 2.75) is 6.92 Å². The molecule has 0 aromatic heterocycles. The quantitative estimate of drug-likeness (QED) is 0.459. The number of aromatic hydroxyl groups is 1. The largest absolute Gasteiger partial charge is 0.504 e. The minimum Gasteiger partial charge on any atom is -0.504 e.